The van der Waals surface area contributed by atoms with E-state index in [2.05, 4.69) is 30.8 Å². The van der Waals surface area contributed by atoms with Crippen molar-refractivity contribution in [2.24, 2.45) is 17.7 Å². The maximum absolute atomic E-state index is 14.1. The summed E-state index contributed by atoms with van der Waals surface area (Å²) in [6.45, 7) is 0.243. The number of nitrogens with two attached hydrogens (primary N) is 1. The highest BCUT2D eigenvalue weighted by atomic mass is 35.5. The fourth-order valence-electron chi connectivity index (χ4n) is 4.18. The fraction of sp³-hybridized carbons (Fsp3) is 0.360. The Morgan fingerprint density at radius 2 is 1.58 bits per heavy atom. The smallest absolute Gasteiger partial charge is 0.243 e. The first-order valence-corrected chi connectivity index (χ1v) is 14.3. The van der Waals surface area contributed by atoms with Crippen LogP contribution in [-0.2, 0) is 21.0 Å². The third-order valence-electron chi connectivity index (χ3n) is 6.23. The van der Waals surface area contributed by atoms with Gasteiger partial charge in [-0.05, 0) is 41.1 Å². The number of rotatable bonds is 12. The summed E-state index contributed by atoms with van der Waals surface area (Å²) in [6, 6.07) is 9.38. The molecule has 1 fully saturated rings. The molecule has 0 bridgehead atoms. The molecule has 0 spiro atoms. The van der Waals surface area contributed by atoms with E-state index < -0.39 is 28.6 Å². The lowest BCUT2D eigenvalue weighted by molar-refractivity contribution is -0.182. The van der Waals surface area contributed by atoms with Crippen LogP contribution in [0.2, 0.25) is 20.9 Å². The summed E-state index contributed by atoms with van der Waals surface area (Å²) in [4.78, 5) is 44.0. The minimum Gasteiger partial charge on any atom is -0.306 e. The number of hydrogen-bond donors (Lipinski definition) is 4. The zero-order valence-corrected chi connectivity index (χ0v) is 25.4. The van der Waals surface area contributed by atoms with Crippen LogP contribution in [0.5, 0.6) is 0 Å². The first kappa shape index (κ1) is 34.4. The van der Waals surface area contributed by atoms with E-state index in [0.717, 1.165) is 36.3 Å². The lowest BCUT2D eigenvalue weighted by Crippen LogP contribution is -2.42. The van der Waals surface area contributed by atoms with Gasteiger partial charge in [0.05, 0.1) is 12.5 Å². The Balaban J connectivity index is 0.000000386. The van der Waals surface area contributed by atoms with Crippen molar-refractivity contribution in [3.05, 3.63) is 68.4 Å². The van der Waals surface area contributed by atoms with Gasteiger partial charge >= 0.3 is 0 Å². The van der Waals surface area contributed by atoms with Gasteiger partial charge in [0.2, 0.25) is 34.5 Å². The van der Waals surface area contributed by atoms with E-state index in [-0.39, 0.29) is 40.5 Å². The number of anilines is 2. The SMILES string of the molecule is NNc1nc(Cl)nc(Cl)c1F.O=CN(C[C@@H](CC1CCCC1)C(=O)NNc1nc(Cl)nc(Cl)c1F)OCc1ccccc1. The zero-order chi connectivity index (χ0) is 31.4. The van der Waals surface area contributed by atoms with Crippen molar-refractivity contribution in [2.45, 2.75) is 38.7 Å². The third kappa shape index (κ3) is 10.8. The van der Waals surface area contributed by atoms with Crippen LogP contribution in [0.1, 0.15) is 37.7 Å². The van der Waals surface area contributed by atoms with Crippen LogP contribution in [-0.4, -0.2) is 43.9 Å². The number of nitrogens with zero attached hydrogens (tertiary/aromatic N) is 5. The molecule has 0 saturated heterocycles. The van der Waals surface area contributed by atoms with Crippen molar-refractivity contribution < 1.29 is 23.2 Å². The van der Waals surface area contributed by atoms with Crippen LogP contribution in [0.3, 0.4) is 0 Å². The third-order valence-corrected chi connectivity index (χ3v) is 7.07. The van der Waals surface area contributed by atoms with E-state index in [9.17, 15) is 18.4 Å². The van der Waals surface area contributed by atoms with Crippen molar-refractivity contribution in [2.75, 3.05) is 17.4 Å². The maximum Gasteiger partial charge on any atom is 0.243 e. The van der Waals surface area contributed by atoms with Gasteiger partial charge in [0.25, 0.3) is 0 Å². The first-order valence-electron chi connectivity index (χ1n) is 12.8. The van der Waals surface area contributed by atoms with Crippen molar-refractivity contribution in [3.8, 4) is 0 Å². The molecule has 1 aliphatic rings. The number of carbonyl (C=O) groups excluding carboxylic acids is 2. The van der Waals surface area contributed by atoms with E-state index in [1.165, 1.54) is 0 Å². The standard InChI is InChI=1S/C21H24Cl2FN5O3.C4H3Cl2FN4/c22-18-17(24)19(26-21(23)25-18)27-28-20(31)16(10-14-6-4-5-7-14)11-29(13-30)32-12-15-8-2-1-3-9-15;5-2-1(7)3(11-8)10-4(6)9-2/h1-3,8-9,13-14,16H,4-7,10-12H2,(H,28,31)(H,25,26,27);8H2,(H,9,10,11)/t16-;/m1./s1. The number of hydroxylamine groups is 2. The molecule has 3 aromatic rings. The van der Waals surface area contributed by atoms with E-state index in [4.69, 9.17) is 57.1 Å². The Kier molecular flexibility index (Phi) is 13.8. The molecule has 4 rings (SSSR count). The van der Waals surface area contributed by atoms with E-state index in [0.29, 0.717) is 18.7 Å². The van der Waals surface area contributed by atoms with Gasteiger partial charge in [-0.15, -0.1) is 0 Å². The quantitative estimate of drug-likeness (QED) is 0.0645. The second-order valence-electron chi connectivity index (χ2n) is 9.20. The number of nitrogens with one attached hydrogen (secondary N) is 3. The normalized spacial score (nSPS) is 13.5. The predicted octanol–water partition coefficient (Wildman–Crippen LogP) is 5.36. The second-order valence-corrected chi connectivity index (χ2v) is 10.6. The van der Waals surface area contributed by atoms with E-state index >= 15 is 0 Å². The number of benzene rings is 1. The molecule has 1 saturated carbocycles. The molecule has 0 unspecified atom stereocenters. The minimum atomic E-state index is -0.940. The highest BCUT2D eigenvalue weighted by molar-refractivity contribution is 6.32. The largest absolute Gasteiger partial charge is 0.306 e. The minimum absolute atomic E-state index is 0.0497. The van der Waals surface area contributed by atoms with Crippen molar-refractivity contribution in [1.29, 1.82) is 0 Å². The number of hydrogen-bond acceptors (Lipinski definition) is 10. The maximum atomic E-state index is 14.1. The second kappa shape index (κ2) is 17.2. The van der Waals surface area contributed by atoms with Crippen molar-refractivity contribution in [3.63, 3.8) is 0 Å². The van der Waals surface area contributed by atoms with E-state index in [1.807, 2.05) is 35.8 Å². The average molecular weight is 681 g/mol. The molecule has 232 valence electrons. The van der Waals surface area contributed by atoms with Gasteiger partial charge in [-0.1, -0.05) is 79.2 Å². The molecule has 2 aromatic heterocycles. The van der Waals surface area contributed by atoms with Crippen molar-refractivity contribution >= 4 is 70.4 Å². The van der Waals surface area contributed by atoms with Crippen LogP contribution >= 0.6 is 46.4 Å². The predicted molar refractivity (Wildman–Crippen MR) is 158 cm³/mol. The van der Waals surface area contributed by atoms with Crippen LogP contribution in [0, 0.1) is 23.5 Å². The topological polar surface area (TPSA) is 160 Å². The molecule has 43 heavy (non-hydrogen) atoms. The highest BCUT2D eigenvalue weighted by Crippen LogP contribution is 2.31. The lowest BCUT2D eigenvalue weighted by atomic mass is 9.92. The number of carbonyl (C=O) groups is 2. The monoisotopic (exact) mass is 679 g/mol. The number of aromatic nitrogens is 4. The Labute approximate surface area is 265 Å². The van der Waals surface area contributed by atoms with Crippen LogP contribution in [0.4, 0.5) is 20.4 Å². The highest BCUT2D eigenvalue weighted by Gasteiger charge is 2.28. The summed E-state index contributed by atoms with van der Waals surface area (Å²) >= 11 is 22.0. The summed E-state index contributed by atoms with van der Waals surface area (Å²) in [5, 5.41) is -0.143. The molecule has 1 aromatic carbocycles. The number of hydrazine groups is 2. The lowest BCUT2D eigenvalue weighted by Gasteiger charge is -2.25. The zero-order valence-electron chi connectivity index (χ0n) is 22.4. The molecule has 1 aliphatic carbocycles. The van der Waals surface area contributed by atoms with Gasteiger partial charge < -0.3 is 5.43 Å². The van der Waals surface area contributed by atoms with Crippen LogP contribution in [0.25, 0.3) is 0 Å². The molecule has 5 N–H and O–H groups in total. The molecule has 2 amide bonds. The Hall–Kier alpha value is -3.14. The molecule has 0 aliphatic heterocycles. The summed E-state index contributed by atoms with van der Waals surface area (Å²) in [5.41, 5.74) is 7.72. The summed E-state index contributed by atoms with van der Waals surface area (Å²) in [7, 11) is 0. The van der Waals surface area contributed by atoms with Gasteiger partial charge in [0, 0.05) is 0 Å². The van der Waals surface area contributed by atoms with Gasteiger partial charge in [0.1, 0.15) is 6.61 Å². The summed E-state index contributed by atoms with van der Waals surface area (Å²) in [5.74, 6) is 1.91. The van der Waals surface area contributed by atoms with Crippen molar-refractivity contribution in [1.82, 2.24) is 30.4 Å². The fourth-order valence-corrected chi connectivity index (χ4v) is 4.94. The van der Waals surface area contributed by atoms with Crippen LogP contribution in [0.15, 0.2) is 30.3 Å². The van der Waals surface area contributed by atoms with Gasteiger partial charge in [-0.2, -0.15) is 18.7 Å². The Bertz CT molecular complexity index is 1380. The van der Waals surface area contributed by atoms with E-state index in [1.54, 1.807) is 0 Å². The summed E-state index contributed by atoms with van der Waals surface area (Å²) < 4.78 is 26.8. The Morgan fingerprint density at radius 1 is 1.00 bits per heavy atom. The van der Waals surface area contributed by atoms with Gasteiger partial charge in [0.15, 0.2) is 21.9 Å². The Morgan fingerprint density at radius 3 is 2.16 bits per heavy atom. The summed E-state index contributed by atoms with van der Waals surface area (Å²) in [6.07, 6.45) is 5.39. The molecule has 2 heterocycles. The molecular formula is C25H27Cl4F2N9O3. The molecular weight excluding hydrogens is 654 g/mol. The van der Waals surface area contributed by atoms with Gasteiger partial charge in [-0.25, -0.2) is 20.9 Å². The number of amides is 2. The molecule has 1 atom stereocenters. The van der Waals surface area contributed by atoms with Crippen LogP contribution < -0.4 is 22.1 Å². The molecule has 0 radical (unpaired) electrons. The average Bonchev–Trinajstić information content (AvgIpc) is 3.51. The van der Waals surface area contributed by atoms with Gasteiger partial charge in [-0.3, -0.25) is 25.3 Å². The number of halogens is 6. The molecule has 18 heteroatoms. The molecule has 12 nitrogen and oxygen atoms in total. The first-order chi connectivity index (χ1) is 20.6. The number of nitrogen functional groups attached to an aromatic ring is 1.